The number of hydrogen-bond donors (Lipinski definition) is 0. The summed E-state index contributed by atoms with van der Waals surface area (Å²) in [6.45, 7) is 4.61. The Morgan fingerprint density at radius 3 is 2.75 bits per heavy atom. The van der Waals surface area contributed by atoms with E-state index >= 15 is 0 Å². The van der Waals surface area contributed by atoms with Crippen molar-refractivity contribution in [1.82, 2.24) is 9.55 Å². The van der Waals surface area contributed by atoms with Gasteiger partial charge in [0, 0.05) is 30.1 Å². The summed E-state index contributed by atoms with van der Waals surface area (Å²) in [4.78, 5) is 4.37. The van der Waals surface area contributed by atoms with Gasteiger partial charge in [-0.1, -0.05) is 25.6 Å². The summed E-state index contributed by atoms with van der Waals surface area (Å²) in [5, 5.41) is 1.86. The van der Waals surface area contributed by atoms with Crippen molar-refractivity contribution < 1.29 is 0 Å². The third kappa shape index (κ3) is 2.57. The van der Waals surface area contributed by atoms with Crippen LogP contribution in [-0.4, -0.2) is 20.2 Å². The first-order valence-electron chi connectivity index (χ1n) is 5.86. The largest absolute Gasteiger partial charge is 0.329 e. The molecule has 4 heteroatoms. The van der Waals surface area contributed by atoms with Crippen molar-refractivity contribution in [1.29, 1.82) is 0 Å². The summed E-state index contributed by atoms with van der Waals surface area (Å²) in [7, 11) is 2.04. The van der Waals surface area contributed by atoms with Gasteiger partial charge in [-0.2, -0.15) is 0 Å². The Morgan fingerprint density at radius 1 is 1.44 bits per heavy atom. The fourth-order valence-electron chi connectivity index (χ4n) is 2.52. The highest BCUT2D eigenvalue weighted by atomic mass is 35.5. The number of rotatable bonds is 2. The molecule has 1 aromatic rings. The second-order valence-corrected chi connectivity index (χ2v) is 6.68. The predicted octanol–water partition coefficient (Wildman–Crippen LogP) is 3.55. The number of aryl methyl sites for hydroxylation is 1. The lowest BCUT2D eigenvalue weighted by atomic mass is 9.83. The van der Waals surface area contributed by atoms with Crippen LogP contribution >= 0.6 is 23.4 Å². The van der Waals surface area contributed by atoms with Crippen molar-refractivity contribution in [3.05, 3.63) is 12.4 Å². The molecule has 2 nitrogen and oxygen atoms in total. The van der Waals surface area contributed by atoms with Crippen LogP contribution < -0.4 is 0 Å². The Kier molecular flexibility index (Phi) is 3.85. The van der Waals surface area contributed by atoms with Gasteiger partial charge in [-0.25, -0.2) is 4.98 Å². The number of hydrogen-bond acceptors (Lipinski definition) is 2. The summed E-state index contributed by atoms with van der Waals surface area (Å²) in [6, 6.07) is 0. The van der Waals surface area contributed by atoms with Crippen LogP contribution in [0.4, 0.5) is 0 Å². The Bertz CT molecular complexity index is 341. The molecule has 1 aromatic heterocycles. The number of imidazole rings is 1. The Balaban J connectivity index is 2.06. The van der Waals surface area contributed by atoms with E-state index in [4.69, 9.17) is 11.6 Å². The molecule has 1 aliphatic carbocycles. The highest BCUT2D eigenvalue weighted by Gasteiger charge is 2.34. The fourth-order valence-corrected chi connectivity index (χ4v) is 4.42. The smallest absolute Gasteiger partial charge is 0.167 e. The molecular formula is C12H19ClN2S. The maximum atomic E-state index is 6.48. The third-order valence-electron chi connectivity index (χ3n) is 3.34. The molecule has 0 bridgehead atoms. The second kappa shape index (κ2) is 5.01. The van der Waals surface area contributed by atoms with Gasteiger partial charge in [0.25, 0.3) is 0 Å². The maximum Gasteiger partial charge on any atom is 0.167 e. The zero-order valence-corrected chi connectivity index (χ0v) is 11.6. The van der Waals surface area contributed by atoms with Crippen LogP contribution in [0.3, 0.4) is 0 Å². The minimum Gasteiger partial charge on any atom is -0.329 e. The van der Waals surface area contributed by atoms with Gasteiger partial charge in [-0.05, 0) is 24.7 Å². The SMILES string of the molecule is CC1CC(C)C(Sc2nccn2C)C(Cl)C1. The van der Waals surface area contributed by atoms with E-state index in [1.54, 1.807) is 0 Å². The quantitative estimate of drug-likeness (QED) is 0.755. The molecule has 1 heterocycles. The van der Waals surface area contributed by atoms with Crippen LogP contribution in [0.1, 0.15) is 26.7 Å². The number of aromatic nitrogens is 2. The lowest BCUT2D eigenvalue weighted by molar-refractivity contribution is 0.314. The van der Waals surface area contributed by atoms with Crippen LogP contribution in [0.15, 0.2) is 17.6 Å². The van der Waals surface area contributed by atoms with Gasteiger partial charge in [0.1, 0.15) is 0 Å². The van der Waals surface area contributed by atoms with E-state index in [0.717, 1.165) is 17.5 Å². The first-order chi connectivity index (χ1) is 7.58. The summed E-state index contributed by atoms with van der Waals surface area (Å²) in [5.41, 5.74) is 0. The Hall–Kier alpha value is -0.150. The minimum absolute atomic E-state index is 0.278. The van der Waals surface area contributed by atoms with E-state index < -0.39 is 0 Å². The van der Waals surface area contributed by atoms with Crippen molar-refractivity contribution in [2.75, 3.05) is 0 Å². The zero-order valence-electron chi connectivity index (χ0n) is 10.1. The van der Waals surface area contributed by atoms with Gasteiger partial charge in [-0.3, -0.25) is 0 Å². The molecule has 0 amide bonds. The summed E-state index contributed by atoms with van der Waals surface area (Å²) < 4.78 is 2.07. The lowest BCUT2D eigenvalue weighted by Gasteiger charge is -2.35. The number of nitrogens with zero attached hydrogens (tertiary/aromatic N) is 2. The van der Waals surface area contributed by atoms with Gasteiger partial charge in [-0.15, -0.1) is 11.6 Å². The van der Waals surface area contributed by atoms with Gasteiger partial charge in [0.15, 0.2) is 5.16 Å². The molecule has 1 fully saturated rings. The molecule has 0 aromatic carbocycles. The molecule has 2 rings (SSSR count). The molecule has 0 aliphatic heterocycles. The second-order valence-electron chi connectivity index (χ2n) is 4.97. The number of halogens is 1. The van der Waals surface area contributed by atoms with Crippen molar-refractivity contribution in [3.8, 4) is 0 Å². The van der Waals surface area contributed by atoms with E-state index in [1.807, 2.05) is 31.2 Å². The molecule has 0 spiro atoms. The Morgan fingerprint density at radius 2 is 2.19 bits per heavy atom. The van der Waals surface area contributed by atoms with E-state index in [0.29, 0.717) is 11.2 Å². The molecule has 0 radical (unpaired) electrons. The van der Waals surface area contributed by atoms with E-state index in [-0.39, 0.29) is 5.38 Å². The number of alkyl halides is 1. The molecule has 0 saturated heterocycles. The minimum atomic E-state index is 0.278. The van der Waals surface area contributed by atoms with Gasteiger partial charge < -0.3 is 4.57 Å². The molecule has 4 atom stereocenters. The predicted molar refractivity (Wildman–Crippen MR) is 70.1 cm³/mol. The fraction of sp³-hybridized carbons (Fsp3) is 0.750. The molecule has 16 heavy (non-hydrogen) atoms. The summed E-state index contributed by atoms with van der Waals surface area (Å²) in [6.07, 6.45) is 6.25. The van der Waals surface area contributed by atoms with Crippen molar-refractivity contribution in [2.45, 2.75) is 42.5 Å². The normalized spacial score (nSPS) is 35.2. The molecule has 1 aliphatic rings. The molecule has 4 unspecified atom stereocenters. The van der Waals surface area contributed by atoms with Crippen LogP contribution in [0.2, 0.25) is 0 Å². The van der Waals surface area contributed by atoms with Crippen molar-refractivity contribution >= 4 is 23.4 Å². The summed E-state index contributed by atoms with van der Waals surface area (Å²) >= 11 is 8.32. The van der Waals surface area contributed by atoms with Crippen LogP contribution in [0.5, 0.6) is 0 Å². The van der Waals surface area contributed by atoms with Crippen LogP contribution in [0, 0.1) is 11.8 Å². The molecule has 1 saturated carbocycles. The molecule has 90 valence electrons. The standard InChI is InChI=1S/C12H19ClN2S/c1-8-6-9(2)11(10(13)7-8)16-12-14-4-5-15(12)3/h4-5,8-11H,6-7H2,1-3H3. The average molecular weight is 259 g/mol. The molecule has 0 N–H and O–H groups in total. The average Bonchev–Trinajstić information content (AvgIpc) is 2.57. The summed E-state index contributed by atoms with van der Waals surface area (Å²) in [5.74, 6) is 1.43. The zero-order chi connectivity index (χ0) is 11.7. The third-order valence-corrected chi connectivity index (χ3v) is 5.61. The highest BCUT2D eigenvalue weighted by Crippen LogP contribution is 2.41. The van der Waals surface area contributed by atoms with Crippen molar-refractivity contribution in [2.24, 2.45) is 18.9 Å². The van der Waals surface area contributed by atoms with E-state index in [1.165, 1.54) is 6.42 Å². The van der Waals surface area contributed by atoms with Crippen LogP contribution in [0.25, 0.3) is 0 Å². The van der Waals surface area contributed by atoms with Gasteiger partial charge in [0.2, 0.25) is 0 Å². The molecular weight excluding hydrogens is 240 g/mol. The van der Waals surface area contributed by atoms with Gasteiger partial charge >= 0.3 is 0 Å². The van der Waals surface area contributed by atoms with Crippen molar-refractivity contribution in [3.63, 3.8) is 0 Å². The van der Waals surface area contributed by atoms with Crippen LogP contribution in [-0.2, 0) is 7.05 Å². The number of thioether (sulfide) groups is 1. The van der Waals surface area contributed by atoms with Gasteiger partial charge in [0.05, 0.1) is 0 Å². The maximum absolute atomic E-state index is 6.48. The Labute approximate surface area is 107 Å². The lowest BCUT2D eigenvalue weighted by Crippen LogP contribution is -2.33. The first-order valence-corrected chi connectivity index (χ1v) is 7.17. The first kappa shape index (κ1) is 12.3. The van der Waals surface area contributed by atoms with E-state index in [2.05, 4.69) is 23.4 Å². The monoisotopic (exact) mass is 258 g/mol. The highest BCUT2D eigenvalue weighted by molar-refractivity contribution is 7.99. The topological polar surface area (TPSA) is 17.8 Å². The van der Waals surface area contributed by atoms with E-state index in [9.17, 15) is 0 Å².